The van der Waals surface area contributed by atoms with Crippen LogP contribution in [-0.4, -0.2) is 25.2 Å². The van der Waals surface area contributed by atoms with E-state index in [-0.39, 0.29) is 5.91 Å². The Labute approximate surface area is 133 Å². The van der Waals surface area contributed by atoms with Crippen LogP contribution in [0.2, 0.25) is 0 Å². The van der Waals surface area contributed by atoms with Crippen molar-refractivity contribution in [1.82, 2.24) is 5.32 Å². The fraction of sp³-hybridized carbons (Fsp3) is 0.562. The Balaban J connectivity index is 1.75. The predicted octanol–water partition coefficient (Wildman–Crippen LogP) is 3.91. The summed E-state index contributed by atoms with van der Waals surface area (Å²) in [5, 5.41) is 2.76. The second kappa shape index (κ2) is 7.90. The van der Waals surface area contributed by atoms with Crippen molar-refractivity contribution in [3.05, 3.63) is 34.1 Å². The minimum Gasteiger partial charge on any atom is -0.376 e. The van der Waals surface area contributed by atoms with Crippen LogP contribution in [0.25, 0.3) is 0 Å². The summed E-state index contributed by atoms with van der Waals surface area (Å²) in [6.45, 7) is 3.14. The van der Waals surface area contributed by atoms with Gasteiger partial charge in [0.15, 0.2) is 0 Å². The molecule has 1 aliphatic rings. The van der Waals surface area contributed by atoms with Gasteiger partial charge in [0.2, 0.25) is 0 Å². The van der Waals surface area contributed by atoms with Crippen LogP contribution >= 0.6 is 15.9 Å². The van der Waals surface area contributed by atoms with Crippen LogP contribution in [-0.2, 0) is 4.74 Å². The number of benzene rings is 1. The van der Waals surface area contributed by atoms with Gasteiger partial charge in [0.05, 0.1) is 18.3 Å². The molecule has 21 heavy (non-hydrogen) atoms. The molecule has 116 valence electrons. The Morgan fingerprint density at radius 3 is 2.95 bits per heavy atom. The van der Waals surface area contributed by atoms with Crippen molar-refractivity contribution in [2.24, 2.45) is 5.92 Å². The van der Waals surface area contributed by atoms with Gasteiger partial charge in [-0.3, -0.25) is 4.79 Å². The zero-order chi connectivity index (χ0) is 15.2. The highest BCUT2D eigenvalue weighted by atomic mass is 79.9. The minimum absolute atomic E-state index is 0.290. The largest absolute Gasteiger partial charge is 0.376 e. The molecular formula is C16H21BrFNO2. The Hall–Kier alpha value is -0.940. The third-order valence-electron chi connectivity index (χ3n) is 3.93. The Morgan fingerprint density at radius 1 is 1.43 bits per heavy atom. The molecule has 0 bridgehead atoms. The van der Waals surface area contributed by atoms with Gasteiger partial charge in [-0.05, 0) is 52.9 Å². The zero-order valence-corrected chi connectivity index (χ0v) is 13.8. The van der Waals surface area contributed by atoms with E-state index in [0.29, 0.717) is 35.2 Å². The van der Waals surface area contributed by atoms with Gasteiger partial charge in [-0.2, -0.15) is 0 Å². The lowest BCUT2D eigenvalue weighted by molar-refractivity contribution is -0.00294. The van der Waals surface area contributed by atoms with Gasteiger partial charge in [-0.15, -0.1) is 0 Å². The predicted molar refractivity (Wildman–Crippen MR) is 83.8 cm³/mol. The molecule has 1 saturated carbocycles. The van der Waals surface area contributed by atoms with E-state index in [4.69, 9.17) is 4.74 Å². The number of ether oxygens (including phenoxy) is 1. The van der Waals surface area contributed by atoms with Gasteiger partial charge < -0.3 is 10.1 Å². The molecule has 0 spiro atoms. The minimum atomic E-state index is -0.421. The number of carbonyl (C=O) groups excluding carboxylic acids is 1. The summed E-state index contributed by atoms with van der Waals surface area (Å²) < 4.78 is 19.6. The van der Waals surface area contributed by atoms with E-state index in [1.165, 1.54) is 37.5 Å². The highest BCUT2D eigenvalue weighted by Crippen LogP contribution is 2.26. The summed E-state index contributed by atoms with van der Waals surface area (Å²) in [4.78, 5) is 12.0. The molecule has 1 aromatic carbocycles. The summed E-state index contributed by atoms with van der Waals surface area (Å²) in [6.07, 6.45) is 5.12. The lowest BCUT2D eigenvalue weighted by Crippen LogP contribution is -2.32. The first-order valence-corrected chi connectivity index (χ1v) is 8.22. The molecule has 0 saturated heterocycles. The molecule has 0 unspecified atom stereocenters. The maximum absolute atomic E-state index is 13.2. The van der Waals surface area contributed by atoms with E-state index in [9.17, 15) is 9.18 Å². The smallest absolute Gasteiger partial charge is 0.252 e. The fourth-order valence-electron chi connectivity index (χ4n) is 2.67. The molecular weight excluding hydrogens is 337 g/mol. The summed E-state index contributed by atoms with van der Waals surface area (Å²) >= 11 is 3.25. The summed E-state index contributed by atoms with van der Waals surface area (Å²) in [7, 11) is 0. The molecule has 1 aromatic rings. The van der Waals surface area contributed by atoms with E-state index >= 15 is 0 Å². The fourth-order valence-corrected chi connectivity index (χ4v) is 3.10. The third kappa shape index (κ3) is 4.78. The number of halogens is 2. The maximum atomic E-state index is 13.2. The van der Waals surface area contributed by atoms with Crippen molar-refractivity contribution in [2.45, 2.75) is 38.7 Å². The quantitative estimate of drug-likeness (QED) is 0.811. The normalized spacial score (nSPS) is 22.0. The summed E-state index contributed by atoms with van der Waals surface area (Å²) in [6, 6.07) is 4.07. The molecule has 3 nitrogen and oxygen atoms in total. The molecule has 0 aromatic heterocycles. The van der Waals surface area contributed by atoms with E-state index in [2.05, 4.69) is 28.2 Å². The SMILES string of the molecule is C[C@@H]1CCCC[C@H]1OCCNC(=O)c1cc(F)ccc1Br. The maximum Gasteiger partial charge on any atom is 0.252 e. The highest BCUT2D eigenvalue weighted by molar-refractivity contribution is 9.10. The number of hydrogen-bond acceptors (Lipinski definition) is 2. The van der Waals surface area contributed by atoms with Crippen molar-refractivity contribution >= 4 is 21.8 Å². The number of nitrogens with one attached hydrogen (secondary N) is 1. The number of amides is 1. The molecule has 1 amide bonds. The van der Waals surface area contributed by atoms with Gasteiger partial charge in [-0.25, -0.2) is 4.39 Å². The second-order valence-corrected chi connectivity index (χ2v) is 6.41. The molecule has 0 heterocycles. The summed E-state index contributed by atoms with van der Waals surface area (Å²) in [5.74, 6) is -0.121. The zero-order valence-electron chi connectivity index (χ0n) is 12.2. The van der Waals surface area contributed by atoms with Crippen LogP contribution in [0.3, 0.4) is 0 Å². The van der Waals surface area contributed by atoms with Crippen LogP contribution in [0.4, 0.5) is 4.39 Å². The molecule has 1 fully saturated rings. The molecule has 0 radical (unpaired) electrons. The Morgan fingerprint density at radius 2 is 2.19 bits per heavy atom. The van der Waals surface area contributed by atoms with Gasteiger partial charge in [0.25, 0.3) is 5.91 Å². The van der Waals surface area contributed by atoms with E-state index < -0.39 is 5.82 Å². The molecule has 1 aliphatic carbocycles. The first-order chi connectivity index (χ1) is 10.1. The molecule has 2 atom stereocenters. The first kappa shape index (κ1) is 16.4. The van der Waals surface area contributed by atoms with Crippen molar-refractivity contribution in [2.75, 3.05) is 13.2 Å². The summed E-state index contributed by atoms with van der Waals surface area (Å²) in [5.41, 5.74) is 0.307. The van der Waals surface area contributed by atoms with Crippen molar-refractivity contribution in [3.63, 3.8) is 0 Å². The first-order valence-electron chi connectivity index (χ1n) is 7.43. The van der Waals surface area contributed by atoms with Crippen molar-refractivity contribution in [3.8, 4) is 0 Å². The van der Waals surface area contributed by atoms with Crippen LogP contribution in [0.5, 0.6) is 0 Å². The molecule has 0 aliphatic heterocycles. The molecule has 2 rings (SSSR count). The van der Waals surface area contributed by atoms with Crippen LogP contribution < -0.4 is 5.32 Å². The van der Waals surface area contributed by atoms with Gasteiger partial charge in [-0.1, -0.05) is 19.8 Å². The monoisotopic (exact) mass is 357 g/mol. The third-order valence-corrected chi connectivity index (χ3v) is 4.62. The number of rotatable bonds is 5. The Kier molecular flexibility index (Phi) is 6.18. The average Bonchev–Trinajstić information content (AvgIpc) is 2.47. The van der Waals surface area contributed by atoms with E-state index in [0.717, 1.165) is 6.42 Å². The van der Waals surface area contributed by atoms with E-state index in [1.54, 1.807) is 0 Å². The van der Waals surface area contributed by atoms with E-state index in [1.807, 2.05) is 0 Å². The molecule has 1 N–H and O–H groups in total. The van der Waals surface area contributed by atoms with Crippen LogP contribution in [0, 0.1) is 11.7 Å². The number of hydrogen-bond donors (Lipinski definition) is 1. The lowest BCUT2D eigenvalue weighted by Gasteiger charge is -2.28. The lowest BCUT2D eigenvalue weighted by atomic mass is 9.88. The van der Waals surface area contributed by atoms with Gasteiger partial charge in [0.1, 0.15) is 5.82 Å². The average molecular weight is 358 g/mol. The second-order valence-electron chi connectivity index (χ2n) is 5.55. The van der Waals surface area contributed by atoms with Crippen LogP contribution in [0.15, 0.2) is 22.7 Å². The van der Waals surface area contributed by atoms with Crippen molar-refractivity contribution in [1.29, 1.82) is 0 Å². The topological polar surface area (TPSA) is 38.3 Å². The highest BCUT2D eigenvalue weighted by Gasteiger charge is 2.21. The van der Waals surface area contributed by atoms with Gasteiger partial charge >= 0.3 is 0 Å². The van der Waals surface area contributed by atoms with Crippen LogP contribution in [0.1, 0.15) is 43.0 Å². The van der Waals surface area contributed by atoms with Gasteiger partial charge in [0, 0.05) is 11.0 Å². The van der Waals surface area contributed by atoms with Crippen molar-refractivity contribution < 1.29 is 13.9 Å². The standard InChI is InChI=1S/C16H21BrFNO2/c1-11-4-2-3-5-15(11)21-9-8-19-16(20)13-10-12(18)6-7-14(13)17/h6-7,10-11,15H,2-5,8-9H2,1H3,(H,19,20)/t11-,15-/m1/s1. The number of carbonyl (C=O) groups is 1. The molecule has 5 heteroatoms. The Bertz CT molecular complexity index is 495.